The number of hydrogen-bond acceptors (Lipinski definition) is 8. The molecular formula is C21H28O8. The number of ketones is 1. The molecule has 0 aliphatic heterocycles. The molecule has 0 unspecified atom stereocenters. The fourth-order valence-electron chi connectivity index (χ4n) is 3.94. The first-order valence-corrected chi connectivity index (χ1v) is 9.52. The Kier molecular flexibility index (Phi) is 7.24. The van der Waals surface area contributed by atoms with Gasteiger partial charge in [0.25, 0.3) is 0 Å². The summed E-state index contributed by atoms with van der Waals surface area (Å²) in [6, 6.07) is 4.85. The lowest BCUT2D eigenvalue weighted by atomic mass is 9.61. The first-order chi connectivity index (χ1) is 13.7. The van der Waals surface area contributed by atoms with Crippen LogP contribution in [0, 0.1) is 11.8 Å². The lowest BCUT2D eigenvalue weighted by Crippen LogP contribution is -2.55. The molecule has 8 nitrogen and oxygen atoms in total. The maximum absolute atomic E-state index is 12.8. The van der Waals surface area contributed by atoms with Crippen molar-refractivity contribution in [3.05, 3.63) is 23.8 Å². The van der Waals surface area contributed by atoms with E-state index in [4.69, 9.17) is 18.9 Å². The van der Waals surface area contributed by atoms with E-state index in [1.165, 1.54) is 21.1 Å². The van der Waals surface area contributed by atoms with E-state index in [9.17, 15) is 19.5 Å². The van der Waals surface area contributed by atoms with Crippen LogP contribution in [0.2, 0.25) is 0 Å². The molecule has 1 fully saturated rings. The summed E-state index contributed by atoms with van der Waals surface area (Å²) in [5.41, 5.74) is -1.23. The fraction of sp³-hybridized carbons (Fsp3) is 0.571. The number of benzene rings is 1. The summed E-state index contributed by atoms with van der Waals surface area (Å²) in [4.78, 5) is 38.3. The summed E-state index contributed by atoms with van der Waals surface area (Å²) < 4.78 is 20.9. The highest BCUT2D eigenvalue weighted by Crippen LogP contribution is 2.48. The fourth-order valence-corrected chi connectivity index (χ4v) is 3.94. The number of aliphatic hydroxyl groups is 1. The topological polar surface area (TPSA) is 108 Å². The van der Waals surface area contributed by atoms with Crippen LogP contribution >= 0.6 is 0 Å². The van der Waals surface area contributed by atoms with Gasteiger partial charge in [-0.05, 0) is 38.5 Å². The SMILES string of the molecule is CCOC(=O)[C@@H]1C(=O)C[C@@](C)(O)[C@@H](C(=O)OCC)[C@@H]1c1ccc(OC)c(OC)c1. The molecule has 0 heterocycles. The first-order valence-electron chi connectivity index (χ1n) is 9.52. The summed E-state index contributed by atoms with van der Waals surface area (Å²) in [5.74, 6) is -4.46. The van der Waals surface area contributed by atoms with Gasteiger partial charge in [-0.25, -0.2) is 0 Å². The number of carbonyl (C=O) groups is 3. The van der Waals surface area contributed by atoms with Crippen molar-refractivity contribution in [1.29, 1.82) is 0 Å². The molecule has 1 aromatic rings. The molecule has 0 saturated heterocycles. The number of carbonyl (C=O) groups excluding carboxylic acids is 3. The van der Waals surface area contributed by atoms with Gasteiger partial charge in [-0.2, -0.15) is 0 Å². The van der Waals surface area contributed by atoms with Gasteiger partial charge in [-0.15, -0.1) is 0 Å². The maximum atomic E-state index is 12.8. The molecule has 1 aliphatic carbocycles. The Balaban J connectivity index is 2.67. The van der Waals surface area contributed by atoms with Crippen molar-refractivity contribution < 1.29 is 38.4 Å². The van der Waals surface area contributed by atoms with Gasteiger partial charge in [-0.1, -0.05) is 6.07 Å². The largest absolute Gasteiger partial charge is 0.493 e. The lowest BCUT2D eigenvalue weighted by Gasteiger charge is -2.43. The molecule has 0 aromatic heterocycles. The standard InChI is InChI=1S/C21H28O8/c1-6-28-19(23)17-13(22)11-21(3,25)18(20(24)29-7-2)16(17)12-8-9-14(26-4)15(10-12)27-5/h8-10,16-18,25H,6-7,11H2,1-5H3/t16-,17-,18-,21-/m1/s1. The molecule has 4 atom stereocenters. The Morgan fingerprint density at radius 3 is 2.21 bits per heavy atom. The highest BCUT2D eigenvalue weighted by atomic mass is 16.5. The van der Waals surface area contributed by atoms with Crippen molar-refractivity contribution in [3.8, 4) is 11.5 Å². The minimum atomic E-state index is -1.69. The third-order valence-corrected chi connectivity index (χ3v) is 5.14. The van der Waals surface area contributed by atoms with Crippen LogP contribution in [-0.2, 0) is 23.9 Å². The van der Waals surface area contributed by atoms with Crippen LogP contribution in [-0.4, -0.2) is 55.9 Å². The summed E-state index contributed by atoms with van der Waals surface area (Å²) in [7, 11) is 2.94. The van der Waals surface area contributed by atoms with E-state index in [1.807, 2.05) is 0 Å². The minimum Gasteiger partial charge on any atom is -0.493 e. The summed E-state index contributed by atoms with van der Waals surface area (Å²) in [5, 5.41) is 11.0. The van der Waals surface area contributed by atoms with Gasteiger partial charge in [0, 0.05) is 12.3 Å². The molecule has 0 radical (unpaired) electrons. The third kappa shape index (κ3) is 4.53. The zero-order chi connectivity index (χ0) is 21.8. The zero-order valence-corrected chi connectivity index (χ0v) is 17.4. The summed E-state index contributed by atoms with van der Waals surface area (Å²) >= 11 is 0. The van der Waals surface area contributed by atoms with E-state index in [-0.39, 0.29) is 19.6 Å². The van der Waals surface area contributed by atoms with Crippen LogP contribution in [0.15, 0.2) is 18.2 Å². The Hall–Kier alpha value is -2.61. The molecule has 1 aliphatic rings. The number of esters is 2. The van der Waals surface area contributed by atoms with Gasteiger partial charge in [0.1, 0.15) is 5.92 Å². The molecule has 2 rings (SSSR count). The summed E-state index contributed by atoms with van der Waals surface area (Å²) in [6.07, 6.45) is -0.357. The molecule has 0 spiro atoms. The zero-order valence-electron chi connectivity index (χ0n) is 17.4. The molecule has 160 valence electrons. The Morgan fingerprint density at radius 2 is 1.66 bits per heavy atom. The summed E-state index contributed by atoms with van der Waals surface area (Å²) in [6.45, 7) is 4.87. The minimum absolute atomic E-state index is 0.0851. The highest BCUT2D eigenvalue weighted by molar-refractivity contribution is 6.02. The normalized spacial score (nSPS) is 26.6. The van der Waals surface area contributed by atoms with Crippen LogP contribution in [0.4, 0.5) is 0 Å². The smallest absolute Gasteiger partial charge is 0.317 e. The second-order valence-corrected chi connectivity index (χ2v) is 7.10. The van der Waals surface area contributed by atoms with E-state index in [2.05, 4.69) is 0 Å². The van der Waals surface area contributed by atoms with Gasteiger partial charge in [-0.3, -0.25) is 14.4 Å². The van der Waals surface area contributed by atoms with Gasteiger partial charge in [0.05, 0.1) is 39.0 Å². The number of ether oxygens (including phenoxy) is 4. The van der Waals surface area contributed by atoms with Crippen molar-refractivity contribution in [2.75, 3.05) is 27.4 Å². The molecule has 1 saturated carbocycles. The van der Waals surface area contributed by atoms with Crippen LogP contribution in [0.3, 0.4) is 0 Å². The molecule has 1 N–H and O–H groups in total. The monoisotopic (exact) mass is 408 g/mol. The van der Waals surface area contributed by atoms with Gasteiger partial charge in [0.15, 0.2) is 17.3 Å². The maximum Gasteiger partial charge on any atom is 0.317 e. The van der Waals surface area contributed by atoms with Crippen LogP contribution in [0.25, 0.3) is 0 Å². The highest BCUT2D eigenvalue weighted by Gasteiger charge is 2.57. The van der Waals surface area contributed by atoms with Crippen LogP contribution in [0.1, 0.15) is 38.7 Å². The number of Topliss-reactive ketones (excluding diaryl/α,β-unsaturated/α-hetero) is 1. The molecule has 8 heteroatoms. The van der Waals surface area contributed by atoms with E-state index >= 15 is 0 Å². The van der Waals surface area contributed by atoms with E-state index < -0.39 is 41.1 Å². The predicted octanol–water partition coefficient (Wildman–Crippen LogP) is 1.87. The van der Waals surface area contributed by atoms with Crippen molar-refractivity contribution in [3.63, 3.8) is 0 Å². The Bertz CT molecular complexity index is 770. The van der Waals surface area contributed by atoms with Crippen molar-refractivity contribution in [1.82, 2.24) is 0 Å². The molecule has 0 bridgehead atoms. The first kappa shape index (κ1) is 22.7. The average molecular weight is 408 g/mol. The van der Waals surface area contributed by atoms with Crippen molar-refractivity contribution in [2.45, 2.75) is 38.7 Å². The van der Waals surface area contributed by atoms with Gasteiger partial charge in [0.2, 0.25) is 0 Å². The molecular weight excluding hydrogens is 380 g/mol. The lowest BCUT2D eigenvalue weighted by molar-refractivity contribution is -0.172. The molecule has 29 heavy (non-hydrogen) atoms. The van der Waals surface area contributed by atoms with E-state index in [1.54, 1.807) is 32.0 Å². The molecule has 1 aromatic carbocycles. The van der Waals surface area contributed by atoms with E-state index in [0.29, 0.717) is 17.1 Å². The van der Waals surface area contributed by atoms with Crippen molar-refractivity contribution >= 4 is 17.7 Å². The quantitative estimate of drug-likeness (QED) is 0.538. The van der Waals surface area contributed by atoms with Gasteiger partial charge >= 0.3 is 11.9 Å². The molecule has 0 amide bonds. The van der Waals surface area contributed by atoms with E-state index in [0.717, 1.165) is 0 Å². The number of hydrogen-bond donors (Lipinski definition) is 1. The number of rotatable bonds is 7. The van der Waals surface area contributed by atoms with Crippen LogP contribution < -0.4 is 9.47 Å². The van der Waals surface area contributed by atoms with Gasteiger partial charge < -0.3 is 24.1 Å². The number of methoxy groups -OCH3 is 2. The second-order valence-electron chi connectivity index (χ2n) is 7.10. The average Bonchev–Trinajstić information content (AvgIpc) is 2.66. The van der Waals surface area contributed by atoms with Crippen LogP contribution in [0.5, 0.6) is 11.5 Å². The van der Waals surface area contributed by atoms with Crippen molar-refractivity contribution in [2.24, 2.45) is 11.8 Å². The Morgan fingerprint density at radius 1 is 1.07 bits per heavy atom. The third-order valence-electron chi connectivity index (χ3n) is 5.14. The Labute approximate surface area is 170 Å². The predicted molar refractivity (Wildman–Crippen MR) is 103 cm³/mol. The second kappa shape index (κ2) is 9.26.